The van der Waals surface area contributed by atoms with Crippen molar-refractivity contribution >= 4 is 15.9 Å². The topological polar surface area (TPSA) is 87.7 Å². The minimum atomic E-state index is -3.74. The van der Waals surface area contributed by atoms with Crippen LogP contribution >= 0.6 is 0 Å². The summed E-state index contributed by atoms with van der Waals surface area (Å²) in [4.78, 5) is 14.7. The van der Waals surface area contributed by atoms with Gasteiger partial charge in [0.1, 0.15) is 0 Å². The van der Waals surface area contributed by atoms with E-state index in [1.165, 1.54) is 18.2 Å². The van der Waals surface area contributed by atoms with Gasteiger partial charge in [-0.3, -0.25) is 9.69 Å². The molecule has 1 heterocycles. The van der Waals surface area contributed by atoms with Gasteiger partial charge in [-0.15, -0.1) is 6.42 Å². The van der Waals surface area contributed by atoms with Crippen LogP contribution < -0.4 is 10.0 Å². The molecule has 0 radical (unpaired) electrons. The molecule has 1 saturated heterocycles. The number of rotatable bonds is 8. The molecule has 1 amide bonds. The maximum atomic E-state index is 12.4. The molecule has 1 fully saturated rings. The highest BCUT2D eigenvalue weighted by Crippen LogP contribution is 2.12. The number of sulfonamides is 1. The Hall–Kier alpha value is -1.92. The predicted molar refractivity (Wildman–Crippen MR) is 104 cm³/mol. The van der Waals surface area contributed by atoms with Crippen LogP contribution in [0, 0.1) is 18.3 Å². The van der Waals surface area contributed by atoms with Crippen molar-refractivity contribution in [1.29, 1.82) is 0 Å². The molecule has 148 valence electrons. The highest BCUT2D eigenvalue weighted by molar-refractivity contribution is 7.89. The molecule has 2 rings (SSSR count). The van der Waals surface area contributed by atoms with Crippen LogP contribution in [0.4, 0.5) is 0 Å². The summed E-state index contributed by atoms with van der Waals surface area (Å²) in [6.45, 7) is 7.91. The second kappa shape index (κ2) is 9.85. The molecule has 0 spiro atoms. The van der Waals surface area contributed by atoms with E-state index in [4.69, 9.17) is 11.2 Å². The van der Waals surface area contributed by atoms with E-state index < -0.39 is 10.0 Å². The Balaban J connectivity index is 1.94. The highest BCUT2D eigenvalue weighted by Gasteiger charge is 2.22. The van der Waals surface area contributed by atoms with Crippen LogP contribution in [-0.2, 0) is 14.8 Å². The van der Waals surface area contributed by atoms with Gasteiger partial charge in [0.25, 0.3) is 5.91 Å². The molecular formula is C19H27N3O4S. The minimum Gasteiger partial charge on any atom is -0.374 e. The number of terminal acetylenes is 1. The van der Waals surface area contributed by atoms with Gasteiger partial charge in [-0.1, -0.05) is 25.8 Å². The Morgan fingerprint density at radius 2 is 2.22 bits per heavy atom. The summed E-state index contributed by atoms with van der Waals surface area (Å²) in [5.74, 6) is 2.45. The summed E-state index contributed by atoms with van der Waals surface area (Å²) in [5, 5.41) is 2.83. The van der Waals surface area contributed by atoms with Crippen LogP contribution in [-0.4, -0.2) is 64.7 Å². The molecule has 2 N–H and O–H groups in total. The third kappa shape index (κ3) is 6.63. The number of hydrogen-bond donors (Lipinski definition) is 2. The summed E-state index contributed by atoms with van der Waals surface area (Å²) in [6, 6.07) is 5.85. The molecule has 1 aliphatic rings. The Morgan fingerprint density at radius 1 is 1.44 bits per heavy atom. The monoisotopic (exact) mass is 393 g/mol. The Labute approximate surface area is 161 Å². The molecule has 8 heteroatoms. The summed E-state index contributed by atoms with van der Waals surface area (Å²) < 4.78 is 32.3. The van der Waals surface area contributed by atoms with Crippen LogP contribution in [0.3, 0.4) is 0 Å². The second-order valence-corrected chi connectivity index (χ2v) is 8.68. The molecule has 7 nitrogen and oxygen atoms in total. The standard InChI is InChI=1S/C19H27N3O4S/c1-4-8-21-27(24,25)18-7-5-6-16(11-18)19(23)20-12-17-14-22(9-10-26-17)13-15(2)3/h1,5-7,11,15,17,21H,8-10,12-14H2,2-3H3,(H,20,23)/t17-/m1/s1. The molecule has 0 saturated carbocycles. The molecule has 1 aliphatic heterocycles. The van der Waals surface area contributed by atoms with E-state index in [1.807, 2.05) is 0 Å². The Morgan fingerprint density at radius 3 is 2.93 bits per heavy atom. The van der Waals surface area contributed by atoms with Crippen molar-refractivity contribution in [2.75, 3.05) is 39.3 Å². The first kappa shape index (κ1) is 21.4. The Kier molecular flexibility index (Phi) is 7.80. The van der Waals surface area contributed by atoms with E-state index >= 15 is 0 Å². The average Bonchev–Trinajstić information content (AvgIpc) is 2.64. The average molecular weight is 394 g/mol. The predicted octanol–water partition coefficient (Wildman–Crippen LogP) is 0.685. The number of hydrogen-bond acceptors (Lipinski definition) is 5. The van der Waals surface area contributed by atoms with E-state index in [0.717, 1.165) is 19.6 Å². The summed E-state index contributed by atoms with van der Waals surface area (Å²) in [6.07, 6.45) is 5.00. The number of morpholine rings is 1. The molecule has 0 aromatic heterocycles. The van der Waals surface area contributed by atoms with Gasteiger partial charge in [0.2, 0.25) is 10.0 Å². The van der Waals surface area contributed by atoms with Gasteiger partial charge in [0.15, 0.2) is 0 Å². The maximum Gasteiger partial charge on any atom is 0.251 e. The third-order valence-electron chi connectivity index (χ3n) is 4.11. The first-order valence-electron chi connectivity index (χ1n) is 8.97. The van der Waals surface area contributed by atoms with Gasteiger partial charge in [-0.05, 0) is 24.1 Å². The lowest BCUT2D eigenvalue weighted by Gasteiger charge is -2.33. The van der Waals surface area contributed by atoms with Gasteiger partial charge >= 0.3 is 0 Å². The van der Waals surface area contributed by atoms with Gasteiger partial charge in [0, 0.05) is 31.7 Å². The van der Waals surface area contributed by atoms with Crippen molar-refractivity contribution in [3.63, 3.8) is 0 Å². The maximum absolute atomic E-state index is 12.4. The molecule has 0 unspecified atom stereocenters. The first-order chi connectivity index (χ1) is 12.8. The minimum absolute atomic E-state index is 0.00225. The molecular weight excluding hydrogens is 366 g/mol. The van der Waals surface area contributed by atoms with E-state index in [2.05, 4.69) is 34.7 Å². The van der Waals surface area contributed by atoms with E-state index in [9.17, 15) is 13.2 Å². The zero-order chi connectivity index (χ0) is 19.9. The van der Waals surface area contributed by atoms with E-state index in [-0.39, 0.29) is 29.0 Å². The quantitative estimate of drug-likeness (QED) is 0.635. The summed E-state index contributed by atoms with van der Waals surface area (Å²) >= 11 is 0. The van der Waals surface area contributed by atoms with E-state index in [1.54, 1.807) is 6.07 Å². The summed E-state index contributed by atoms with van der Waals surface area (Å²) in [5.41, 5.74) is 0.272. The SMILES string of the molecule is C#CCNS(=O)(=O)c1cccc(C(=O)NC[C@@H]2CN(CC(C)C)CCO2)c1. The molecule has 0 bridgehead atoms. The number of nitrogens with zero attached hydrogens (tertiary/aromatic N) is 1. The lowest BCUT2D eigenvalue weighted by molar-refractivity contribution is -0.0295. The number of ether oxygens (including phenoxy) is 1. The fourth-order valence-electron chi connectivity index (χ4n) is 2.92. The smallest absolute Gasteiger partial charge is 0.251 e. The molecule has 1 aromatic rings. The van der Waals surface area contributed by atoms with E-state index in [0.29, 0.717) is 19.1 Å². The Bertz CT molecular complexity index is 786. The zero-order valence-corrected chi connectivity index (χ0v) is 16.6. The normalized spacial score (nSPS) is 18.2. The number of benzene rings is 1. The van der Waals surface area contributed by atoms with Crippen molar-refractivity contribution in [2.45, 2.75) is 24.8 Å². The number of carbonyl (C=O) groups excluding carboxylic acids is 1. The largest absolute Gasteiger partial charge is 0.374 e. The lowest BCUT2D eigenvalue weighted by Crippen LogP contribution is -2.48. The van der Waals surface area contributed by atoms with Crippen molar-refractivity contribution in [2.24, 2.45) is 5.92 Å². The number of nitrogens with one attached hydrogen (secondary N) is 2. The van der Waals surface area contributed by atoms with Crippen LogP contribution in [0.25, 0.3) is 0 Å². The first-order valence-corrected chi connectivity index (χ1v) is 10.5. The van der Waals surface area contributed by atoms with Crippen LogP contribution in [0.1, 0.15) is 24.2 Å². The lowest BCUT2D eigenvalue weighted by atomic mass is 10.1. The third-order valence-corrected chi connectivity index (χ3v) is 5.51. The molecule has 1 atom stereocenters. The van der Waals surface area contributed by atoms with Crippen molar-refractivity contribution in [3.05, 3.63) is 29.8 Å². The summed E-state index contributed by atoms with van der Waals surface area (Å²) in [7, 11) is -3.74. The van der Waals surface area contributed by atoms with Gasteiger partial charge in [0.05, 0.1) is 24.2 Å². The van der Waals surface area contributed by atoms with Gasteiger partial charge in [-0.25, -0.2) is 8.42 Å². The molecule has 0 aliphatic carbocycles. The highest BCUT2D eigenvalue weighted by atomic mass is 32.2. The van der Waals surface area contributed by atoms with Crippen LogP contribution in [0.2, 0.25) is 0 Å². The van der Waals surface area contributed by atoms with Crippen LogP contribution in [0.15, 0.2) is 29.2 Å². The molecule has 27 heavy (non-hydrogen) atoms. The van der Waals surface area contributed by atoms with Crippen molar-refractivity contribution < 1.29 is 17.9 Å². The van der Waals surface area contributed by atoms with Crippen molar-refractivity contribution in [3.8, 4) is 12.3 Å². The van der Waals surface area contributed by atoms with Crippen LogP contribution in [0.5, 0.6) is 0 Å². The zero-order valence-electron chi connectivity index (χ0n) is 15.8. The number of amides is 1. The fraction of sp³-hybridized carbons (Fsp3) is 0.526. The van der Waals surface area contributed by atoms with Crippen molar-refractivity contribution in [1.82, 2.24) is 14.9 Å². The molecule has 1 aromatic carbocycles. The fourth-order valence-corrected chi connectivity index (χ4v) is 3.90. The second-order valence-electron chi connectivity index (χ2n) is 6.91. The van der Waals surface area contributed by atoms with Gasteiger partial charge < -0.3 is 10.1 Å². The van der Waals surface area contributed by atoms with Gasteiger partial charge in [-0.2, -0.15) is 4.72 Å². The number of carbonyl (C=O) groups is 1.